The minimum absolute atomic E-state index is 0.144. The van der Waals surface area contributed by atoms with Crippen molar-refractivity contribution in [1.29, 1.82) is 0 Å². The molecule has 0 fully saturated rings. The largest absolute Gasteiger partial charge is 0.324 e. The summed E-state index contributed by atoms with van der Waals surface area (Å²) in [6.07, 6.45) is 1.51. The quantitative estimate of drug-likeness (QED) is 0.926. The third-order valence-corrected chi connectivity index (χ3v) is 3.20. The minimum Gasteiger partial charge on any atom is -0.324 e. The fourth-order valence-corrected chi connectivity index (χ4v) is 2.20. The molecule has 0 saturated heterocycles. The van der Waals surface area contributed by atoms with Crippen LogP contribution in [0.4, 0.5) is 4.39 Å². The van der Waals surface area contributed by atoms with Crippen molar-refractivity contribution in [2.75, 3.05) is 0 Å². The average molecular weight is 268 g/mol. The summed E-state index contributed by atoms with van der Waals surface area (Å²) in [5.74, 6) is -0.345. The normalized spacial score (nSPS) is 12.7. The van der Waals surface area contributed by atoms with Crippen LogP contribution in [0, 0.1) is 5.95 Å². The minimum atomic E-state index is -0.345. The van der Waals surface area contributed by atoms with Gasteiger partial charge in [0.05, 0.1) is 11.8 Å². The summed E-state index contributed by atoms with van der Waals surface area (Å²) in [5, 5.41) is 4.52. The number of aryl methyl sites for hydroxylation is 1. The molecule has 2 rings (SSSR count). The van der Waals surface area contributed by atoms with Gasteiger partial charge in [-0.2, -0.15) is 9.49 Å². The average Bonchev–Trinajstić information content (AvgIpc) is 2.69. The molecule has 2 aromatic rings. The molecule has 96 valence electrons. The summed E-state index contributed by atoms with van der Waals surface area (Å²) < 4.78 is 15.3. The lowest BCUT2D eigenvalue weighted by molar-refractivity contribution is 0.473. The molecule has 0 amide bonds. The molecule has 1 aromatic heterocycles. The Hall–Kier alpha value is -1.39. The van der Waals surface area contributed by atoms with Crippen LogP contribution in [-0.4, -0.2) is 9.78 Å². The van der Waals surface area contributed by atoms with Crippen LogP contribution in [0.5, 0.6) is 0 Å². The second kappa shape index (κ2) is 5.08. The molecule has 0 aliphatic carbocycles. The number of nitrogens with two attached hydrogens (primary N) is 1. The van der Waals surface area contributed by atoms with E-state index < -0.39 is 0 Å². The van der Waals surface area contributed by atoms with Gasteiger partial charge in [0.1, 0.15) is 0 Å². The van der Waals surface area contributed by atoms with E-state index in [9.17, 15) is 4.39 Å². The molecule has 5 heteroatoms. The molecule has 1 heterocycles. The zero-order valence-electron chi connectivity index (χ0n) is 10.3. The van der Waals surface area contributed by atoms with Crippen LogP contribution in [0.2, 0.25) is 5.02 Å². The summed E-state index contributed by atoms with van der Waals surface area (Å²) in [6.45, 7) is 4.19. The molecular weight excluding hydrogens is 253 g/mol. The maximum Gasteiger partial charge on any atom is 0.219 e. The molecular formula is C13H15ClFN3. The highest BCUT2D eigenvalue weighted by atomic mass is 35.5. The molecule has 1 atom stereocenters. The Morgan fingerprint density at radius 2 is 2.22 bits per heavy atom. The van der Waals surface area contributed by atoms with E-state index in [4.69, 9.17) is 17.3 Å². The number of hydrogen-bond acceptors (Lipinski definition) is 2. The molecule has 0 radical (unpaired) electrons. The summed E-state index contributed by atoms with van der Waals surface area (Å²) in [6, 6.07) is 5.21. The van der Waals surface area contributed by atoms with Gasteiger partial charge in [-0.25, -0.2) is 4.68 Å². The number of rotatable bonds is 3. The molecule has 0 saturated carbocycles. The Kier molecular flexibility index (Phi) is 3.68. The molecule has 0 aliphatic heterocycles. The van der Waals surface area contributed by atoms with Gasteiger partial charge < -0.3 is 5.73 Å². The Morgan fingerprint density at radius 1 is 1.50 bits per heavy atom. The first-order chi connectivity index (χ1) is 8.54. The first-order valence-corrected chi connectivity index (χ1v) is 6.19. The van der Waals surface area contributed by atoms with Crippen molar-refractivity contribution in [3.05, 3.63) is 40.9 Å². The number of halogens is 2. The second-order valence-corrected chi connectivity index (χ2v) is 4.60. The third kappa shape index (κ3) is 2.26. The second-order valence-electron chi connectivity index (χ2n) is 4.19. The van der Waals surface area contributed by atoms with E-state index in [1.807, 2.05) is 26.0 Å². The summed E-state index contributed by atoms with van der Waals surface area (Å²) >= 11 is 6.14. The number of hydrogen-bond donors (Lipinski definition) is 1. The highest BCUT2D eigenvalue weighted by Gasteiger charge is 2.13. The Labute approximate surface area is 110 Å². The zero-order chi connectivity index (χ0) is 13.3. The lowest BCUT2D eigenvalue weighted by atomic mass is 10.0. The maximum absolute atomic E-state index is 13.9. The van der Waals surface area contributed by atoms with Gasteiger partial charge in [0.15, 0.2) is 0 Å². The van der Waals surface area contributed by atoms with Crippen molar-refractivity contribution in [1.82, 2.24) is 9.78 Å². The van der Waals surface area contributed by atoms with Crippen LogP contribution in [0.1, 0.15) is 25.5 Å². The highest BCUT2D eigenvalue weighted by Crippen LogP contribution is 2.29. The van der Waals surface area contributed by atoms with Crippen molar-refractivity contribution < 1.29 is 4.39 Å². The number of aromatic nitrogens is 2. The van der Waals surface area contributed by atoms with Crippen LogP contribution in [0.25, 0.3) is 11.1 Å². The van der Waals surface area contributed by atoms with E-state index in [-0.39, 0.29) is 12.0 Å². The Balaban J connectivity index is 2.45. The van der Waals surface area contributed by atoms with Gasteiger partial charge in [-0.3, -0.25) is 0 Å². The number of nitrogens with zero attached hydrogens (tertiary/aromatic N) is 2. The lowest BCUT2D eigenvalue weighted by Gasteiger charge is -2.09. The lowest BCUT2D eigenvalue weighted by Crippen LogP contribution is -2.05. The van der Waals surface area contributed by atoms with E-state index in [1.165, 1.54) is 10.9 Å². The molecule has 1 aromatic carbocycles. The van der Waals surface area contributed by atoms with Crippen molar-refractivity contribution in [2.24, 2.45) is 5.73 Å². The molecule has 0 bridgehead atoms. The van der Waals surface area contributed by atoms with E-state index in [1.54, 1.807) is 6.07 Å². The molecule has 1 unspecified atom stereocenters. The van der Waals surface area contributed by atoms with E-state index >= 15 is 0 Å². The molecule has 3 nitrogen and oxygen atoms in total. The highest BCUT2D eigenvalue weighted by molar-refractivity contribution is 6.31. The van der Waals surface area contributed by atoms with Crippen molar-refractivity contribution >= 4 is 11.6 Å². The van der Waals surface area contributed by atoms with Crippen molar-refractivity contribution in [3.8, 4) is 11.1 Å². The zero-order valence-corrected chi connectivity index (χ0v) is 11.1. The van der Waals surface area contributed by atoms with Gasteiger partial charge >= 0.3 is 0 Å². The molecule has 0 spiro atoms. The topological polar surface area (TPSA) is 43.8 Å². The van der Waals surface area contributed by atoms with Crippen LogP contribution < -0.4 is 5.73 Å². The van der Waals surface area contributed by atoms with Gasteiger partial charge in [0.25, 0.3) is 0 Å². The van der Waals surface area contributed by atoms with Crippen LogP contribution in [0.3, 0.4) is 0 Å². The van der Waals surface area contributed by atoms with Gasteiger partial charge in [0, 0.05) is 17.6 Å². The fraction of sp³-hybridized carbons (Fsp3) is 0.308. The van der Waals surface area contributed by atoms with Gasteiger partial charge in [0.2, 0.25) is 5.95 Å². The molecule has 2 N–H and O–H groups in total. The van der Waals surface area contributed by atoms with E-state index in [0.717, 1.165) is 5.56 Å². The Bertz CT molecular complexity index is 563. The first kappa shape index (κ1) is 13.1. The monoisotopic (exact) mass is 267 g/mol. The number of benzene rings is 1. The Morgan fingerprint density at radius 3 is 2.72 bits per heavy atom. The van der Waals surface area contributed by atoms with Crippen LogP contribution >= 0.6 is 11.6 Å². The third-order valence-electron chi connectivity index (χ3n) is 2.88. The predicted octanol–water partition coefficient (Wildman–Crippen LogP) is 3.38. The van der Waals surface area contributed by atoms with Gasteiger partial charge in [-0.05, 0) is 31.0 Å². The van der Waals surface area contributed by atoms with Gasteiger partial charge in [-0.15, -0.1) is 0 Å². The van der Waals surface area contributed by atoms with Crippen molar-refractivity contribution in [3.63, 3.8) is 0 Å². The van der Waals surface area contributed by atoms with Crippen LogP contribution in [-0.2, 0) is 6.54 Å². The van der Waals surface area contributed by atoms with E-state index in [0.29, 0.717) is 22.7 Å². The fourth-order valence-electron chi connectivity index (χ4n) is 1.85. The smallest absolute Gasteiger partial charge is 0.219 e. The predicted molar refractivity (Wildman–Crippen MR) is 70.9 cm³/mol. The maximum atomic E-state index is 13.9. The summed E-state index contributed by atoms with van der Waals surface area (Å²) in [4.78, 5) is 0. The first-order valence-electron chi connectivity index (χ1n) is 5.81. The summed E-state index contributed by atoms with van der Waals surface area (Å²) in [5.41, 5.74) is 7.80. The van der Waals surface area contributed by atoms with E-state index in [2.05, 4.69) is 5.10 Å². The molecule has 0 aliphatic rings. The standard InChI is InChI=1S/C13H15ClFN3/c1-3-18-13(15)11(7-17-18)9-4-5-10(8(2)16)12(14)6-9/h4-8H,3,16H2,1-2H3. The van der Waals surface area contributed by atoms with Gasteiger partial charge in [-0.1, -0.05) is 23.7 Å². The van der Waals surface area contributed by atoms with Crippen LogP contribution in [0.15, 0.2) is 24.4 Å². The molecule has 18 heavy (non-hydrogen) atoms. The van der Waals surface area contributed by atoms with Crippen molar-refractivity contribution in [2.45, 2.75) is 26.4 Å². The SMILES string of the molecule is CCn1ncc(-c2ccc(C(C)N)c(Cl)c2)c1F. The summed E-state index contributed by atoms with van der Waals surface area (Å²) in [7, 11) is 0.